The summed E-state index contributed by atoms with van der Waals surface area (Å²) in [6.45, 7) is 2.66. The van der Waals surface area contributed by atoms with E-state index >= 15 is 0 Å². The van der Waals surface area contributed by atoms with Crippen molar-refractivity contribution in [1.82, 2.24) is 15.3 Å². The van der Waals surface area contributed by atoms with Gasteiger partial charge in [0, 0.05) is 19.7 Å². The predicted molar refractivity (Wildman–Crippen MR) is 103 cm³/mol. The normalized spacial score (nSPS) is 11.6. The van der Waals surface area contributed by atoms with E-state index in [2.05, 4.69) is 27.4 Å². The van der Waals surface area contributed by atoms with Crippen LogP contribution in [0, 0.1) is 0 Å². The smallest absolute Gasteiger partial charge is 0.270 e. The second-order valence-corrected chi connectivity index (χ2v) is 6.21. The highest BCUT2D eigenvalue weighted by molar-refractivity contribution is 5.93. The number of rotatable bonds is 6. The monoisotopic (exact) mass is 346 g/mol. The molecule has 0 aliphatic rings. The van der Waals surface area contributed by atoms with E-state index in [0.717, 1.165) is 5.56 Å². The molecule has 1 heterocycles. The zero-order valence-corrected chi connectivity index (χ0v) is 15.0. The summed E-state index contributed by atoms with van der Waals surface area (Å²) in [6, 6.07) is 21.6. The lowest BCUT2D eigenvalue weighted by atomic mass is 10.1. The zero-order valence-electron chi connectivity index (χ0n) is 15.0. The molecule has 0 radical (unpaired) electrons. The first-order valence-corrected chi connectivity index (χ1v) is 8.56. The number of anilines is 1. The van der Waals surface area contributed by atoms with Crippen LogP contribution < -0.4 is 10.2 Å². The first kappa shape index (κ1) is 17.6. The summed E-state index contributed by atoms with van der Waals surface area (Å²) in [6.07, 6.45) is 1.43. The van der Waals surface area contributed by atoms with Gasteiger partial charge in [-0.15, -0.1) is 0 Å². The molecule has 1 aromatic heterocycles. The van der Waals surface area contributed by atoms with Crippen molar-refractivity contribution < 1.29 is 4.79 Å². The Labute approximate surface area is 153 Å². The molecule has 0 spiro atoms. The summed E-state index contributed by atoms with van der Waals surface area (Å²) in [7, 11) is 1.95. The molecule has 0 aliphatic heterocycles. The van der Waals surface area contributed by atoms with Gasteiger partial charge in [0.25, 0.3) is 5.91 Å². The Morgan fingerprint density at radius 1 is 1.04 bits per heavy atom. The molecule has 1 unspecified atom stereocenters. The number of carbonyl (C=O) groups excluding carboxylic acids is 1. The van der Waals surface area contributed by atoms with Crippen LogP contribution in [0.4, 0.5) is 5.82 Å². The molecule has 26 heavy (non-hydrogen) atoms. The van der Waals surface area contributed by atoms with Gasteiger partial charge >= 0.3 is 0 Å². The first-order valence-electron chi connectivity index (χ1n) is 8.56. The quantitative estimate of drug-likeness (QED) is 0.741. The Hall–Kier alpha value is -3.21. The van der Waals surface area contributed by atoms with E-state index in [4.69, 9.17) is 0 Å². The van der Waals surface area contributed by atoms with E-state index < -0.39 is 0 Å². The standard InChI is InChI=1S/C21H22N4O/c1-16(18-11-7-4-8-12-18)24-21(26)19-13-20(23-15-22-19)25(2)14-17-9-5-3-6-10-17/h3-13,15-16H,14H2,1-2H3,(H,24,26). The Kier molecular flexibility index (Phi) is 5.59. The van der Waals surface area contributed by atoms with Crippen LogP contribution in [0.2, 0.25) is 0 Å². The van der Waals surface area contributed by atoms with Gasteiger partial charge in [0.2, 0.25) is 0 Å². The van der Waals surface area contributed by atoms with Gasteiger partial charge in [-0.3, -0.25) is 4.79 Å². The molecule has 0 bridgehead atoms. The van der Waals surface area contributed by atoms with E-state index in [0.29, 0.717) is 18.1 Å². The van der Waals surface area contributed by atoms with Crippen LogP contribution in [0.5, 0.6) is 0 Å². The Balaban J connectivity index is 1.69. The largest absolute Gasteiger partial charge is 0.355 e. The van der Waals surface area contributed by atoms with Crippen LogP contribution in [0.1, 0.15) is 34.6 Å². The topological polar surface area (TPSA) is 58.1 Å². The van der Waals surface area contributed by atoms with Gasteiger partial charge < -0.3 is 10.2 Å². The van der Waals surface area contributed by atoms with Gasteiger partial charge in [0.05, 0.1) is 6.04 Å². The van der Waals surface area contributed by atoms with E-state index in [9.17, 15) is 4.79 Å². The molecule has 1 N–H and O–H groups in total. The van der Waals surface area contributed by atoms with E-state index in [1.807, 2.05) is 67.4 Å². The molecule has 0 fully saturated rings. The molecule has 132 valence electrons. The fourth-order valence-corrected chi connectivity index (χ4v) is 2.71. The van der Waals surface area contributed by atoms with E-state index in [-0.39, 0.29) is 11.9 Å². The average molecular weight is 346 g/mol. The number of benzene rings is 2. The van der Waals surface area contributed by atoms with Crippen LogP contribution in [0.15, 0.2) is 73.1 Å². The lowest BCUT2D eigenvalue weighted by Crippen LogP contribution is -2.28. The maximum Gasteiger partial charge on any atom is 0.270 e. The third-order valence-corrected chi connectivity index (χ3v) is 4.19. The van der Waals surface area contributed by atoms with Crippen LogP contribution >= 0.6 is 0 Å². The van der Waals surface area contributed by atoms with Crippen molar-refractivity contribution in [3.05, 3.63) is 89.9 Å². The molecule has 0 aliphatic carbocycles. The Bertz CT molecular complexity index is 852. The minimum Gasteiger partial charge on any atom is -0.355 e. The lowest BCUT2D eigenvalue weighted by molar-refractivity contribution is 0.0934. The van der Waals surface area contributed by atoms with Gasteiger partial charge in [-0.05, 0) is 18.1 Å². The molecule has 3 rings (SSSR count). The lowest BCUT2D eigenvalue weighted by Gasteiger charge is -2.19. The molecule has 5 nitrogen and oxygen atoms in total. The summed E-state index contributed by atoms with van der Waals surface area (Å²) < 4.78 is 0. The molecular formula is C21H22N4O. The van der Waals surface area contributed by atoms with Gasteiger partial charge in [0.1, 0.15) is 17.8 Å². The maximum absolute atomic E-state index is 12.5. The molecular weight excluding hydrogens is 324 g/mol. The fourth-order valence-electron chi connectivity index (χ4n) is 2.71. The summed E-state index contributed by atoms with van der Waals surface area (Å²) in [4.78, 5) is 23.0. The van der Waals surface area contributed by atoms with Gasteiger partial charge in [0.15, 0.2) is 0 Å². The van der Waals surface area contributed by atoms with Gasteiger partial charge in [-0.1, -0.05) is 60.7 Å². The molecule has 1 amide bonds. The van der Waals surface area contributed by atoms with Crippen LogP contribution in [-0.2, 0) is 6.54 Å². The maximum atomic E-state index is 12.5. The summed E-state index contributed by atoms with van der Waals surface area (Å²) >= 11 is 0. The SMILES string of the molecule is CC(NC(=O)c1cc(N(C)Cc2ccccc2)ncn1)c1ccccc1. The minimum absolute atomic E-state index is 0.0934. The molecule has 1 atom stereocenters. The third kappa shape index (κ3) is 4.45. The van der Waals surface area contributed by atoms with Crippen molar-refractivity contribution in [2.24, 2.45) is 0 Å². The molecule has 0 saturated carbocycles. The van der Waals surface area contributed by atoms with Crippen LogP contribution in [0.3, 0.4) is 0 Å². The Morgan fingerprint density at radius 2 is 1.69 bits per heavy atom. The summed E-state index contributed by atoms with van der Waals surface area (Å²) in [5.41, 5.74) is 2.59. The van der Waals surface area contributed by atoms with Gasteiger partial charge in [-0.25, -0.2) is 9.97 Å². The van der Waals surface area contributed by atoms with Crippen molar-refractivity contribution in [1.29, 1.82) is 0 Å². The van der Waals surface area contributed by atoms with Crippen molar-refractivity contribution in [2.75, 3.05) is 11.9 Å². The summed E-state index contributed by atoms with van der Waals surface area (Å²) in [5.74, 6) is 0.500. The van der Waals surface area contributed by atoms with Crippen molar-refractivity contribution in [2.45, 2.75) is 19.5 Å². The third-order valence-electron chi connectivity index (χ3n) is 4.19. The molecule has 2 aromatic carbocycles. The number of hydrogen-bond donors (Lipinski definition) is 1. The van der Waals surface area contributed by atoms with Crippen LogP contribution in [-0.4, -0.2) is 22.9 Å². The molecule has 3 aromatic rings. The number of hydrogen-bond acceptors (Lipinski definition) is 4. The van der Waals surface area contributed by atoms with E-state index in [1.54, 1.807) is 6.07 Å². The second kappa shape index (κ2) is 8.25. The Morgan fingerprint density at radius 3 is 2.38 bits per heavy atom. The van der Waals surface area contributed by atoms with Crippen molar-refractivity contribution in [3.63, 3.8) is 0 Å². The highest BCUT2D eigenvalue weighted by atomic mass is 16.1. The highest BCUT2D eigenvalue weighted by Gasteiger charge is 2.14. The first-order chi connectivity index (χ1) is 12.6. The number of amides is 1. The molecule has 5 heteroatoms. The van der Waals surface area contributed by atoms with Gasteiger partial charge in [-0.2, -0.15) is 0 Å². The number of carbonyl (C=O) groups is 1. The average Bonchev–Trinajstić information content (AvgIpc) is 2.69. The zero-order chi connectivity index (χ0) is 18.4. The van der Waals surface area contributed by atoms with E-state index in [1.165, 1.54) is 11.9 Å². The predicted octanol–water partition coefficient (Wildman–Crippen LogP) is 3.60. The fraction of sp³-hybridized carbons (Fsp3) is 0.190. The van der Waals surface area contributed by atoms with Crippen LogP contribution in [0.25, 0.3) is 0 Å². The number of nitrogens with one attached hydrogen (secondary N) is 1. The highest BCUT2D eigenvalue weighted by Crippen LogP contribution is 2.15. The molecule has 0 saturated heterocycles. The number of nitrogens with zero attached hydrogens (tertiary/aromatic N) is 3. The summed E-state index contributed by atoms with van der Waals surface area (Å²) in [5, 5.41) is 2.98. The van der Waals surface area contributed by atoms with Crippen molar-refractivity contribution >= 4 is 11.7 Å². The second-order valence-electron chi connectivity index (χ2n) is 6.21. The minimum atomic E-state index is -0.210. The van der Waals surface area contributed by atoms with Crippen molar-refractivity contribution in [3.8, 4) is 0 Å². The number of aromatic nitrogens is 2.